The van der Waals surface area contributed by atoms with E-state index in [0.717, 1.165) is 21.9 Å². The Hall–Kier alpha value is -4.84. The van der Waals surface area contributed by atoms with Crippen molar-refractivity contribution < 1.29 is 9.90 Å². The van der Waals surface area contributed by atoms with Crippen molar-refractivity contribution in [2.75, 3.05) is 0 Å². The molecule has 1 heterocycles. The quantitative estimate of drug-likeness (QED) is 0.279. The Morgan fingerprint density at radius 1 is 0.765 bits per heavy atom. The van der Waals surface area contributed by atoms with Crippen LogP contribution in [0.1, 0.15) is 16.2 Å². The molecule has 0 unspecified atom stereocenters. The van der Waals surface area contributed by atoms with Gasteiger partial charge in [0, 0.05) is 16.7 Å². The highest BCUT2D eigenvalue weighted by Crippen LogP contribution is 2.26. The summed E-state index contributed by atoms with van der Waals surface area (Å²) in [6, 6.07) is 32.2. The van der Waals surface area contributed by atoms with Crippen LogP contribution < -0.4 is 5.43 Å². The van der Waals surface area contributed by atoms with Gasteiger partial charge in [-0.25, -0.2) is 15.4 Å². The zero-order chi connectivity index (χ0) is 23.3. The largest absolute Gasteiger partial charge is 0.507 e. The number of nitrogens with one attached hydrogen (secondary N) is 1. The van der Waals surface area contributed by atoms with E-state index in [9.17, 15) is 9.90 Å². The van der Waals surface area contributed by atoms with Crippen molar-refractivity contribution in [2.45, 2.75) is 0 Å². The standard InChI is InChI=1S/C28H20N4O2/c33-26-16-15-19-9-7-8-14-22(19)23(26)18-29-32-28(34)27-30-24(20-10-3-1-4-11-20)17-25(31-27)21-12-5-2-6-13-21/h1-18,33H,(H,32,34)/b29-18+. The lowest BCUT2D eigenvalue weighted by Crippen LogP contribution is -2.21. The van der Waals surface area contributed by atoms with E-state index in [4.69, 9.17) is 0 Å². The molecule has 0 saturated carbocycles. The molecule has 0 radical (unpaired) electrons. The summed E-state index contributed by atoms with van der Waals surface area (Å²) in [7, 11) is 0. The lowest BCUT2D eigenvalue weighted by molar-refractivity contribution is 0.0945. The highest BCUT2D eigenvalue weighted by Gasteiger charge is 2.14. The second-order valence-corrected chi connectivity index (χ2v) is 7.61. The van der Waals surface area contributed by atoms with Gasteiger partial charge in [-0.05, 0) is 22.9 Å². The summed E-state index contributed by atoms with van der Waals surface area (Å²) < 4.78 is 0. The number of hydrazone groups is 1. The Morgan fingerprint density at radius 3 is 2.00 bits per heavy atom. The van der Waals surface area contributed by atoms with Crippen LogP contribution in [-0.2, 0) is 0 Å². The van der Waals surface area contributed by atoms with E-state index in [1.807, 2.05) is 97.1 Å². The van der Waals surface area contributed by atoms with Crippen molar-refractivity contribution in [3.63, 3.8) is 0 Å². The van der Waals surface area contributed by atoms with E-state index in [1.54, 1.807) is 6.07 Å². The first kappa shape index (κ1) is 21.0. The number of aromatic hydroxyl groups is 1. The summed E-state index contributed by atoms with van der Waals surface area (Å²) in [5.41, 5.74) is 6.03. The number of amides is 1. The van der Waals surface area contributed by atoms with Gasteiger partial charge in [0.05, 0.1) is 17.6 Å². The maximum atomic E-state index is 12.9. The number of rotatable bonds is 5. The molecule has 6 nitrogen and oxygen atoms in total. The molecule has 4 aromatic carbocycles. The van der Waals surface area contributed by atoms with Crippen LogP contribution in [0.5, 0.6) is 5.75 Å². The second kappa shape index (κ2) is 9.34. The monoisotopic (exact) mass is 444 g/mol. The first-order valence-electron chi connectivity index (χ1n) is 10.7. The number of nitrogens with zero attached hydrogens (tertiary/aromatic N) is 3. The van der Waals surface area contributed by atoms with Gasteiger partial charge in [0.2, 0.25) is 5.82 Å². The number of benzene rings is 4. The van der Waals surface area contributed by atoms with E-state index in [-0.39, 0.29) is 11.6 Å². The van der Waals surface area contributed by atoms with Crippen molar-refractivity contribution in [1.29, 1.82) is 0 Å². The average molecular weight is 444 g/mol. The maximum Gasteiger partial charge on any atom is 0.309 e. The number of phenolic OH excluding ortho intramolecular Hbond substituents is 1. The fraction of sp³-hybridized carbons (Fsp3) is 0. The van der Waals surface area contributed by atoms with E-state index in [2.05, 4.69) is 20.5 Å². The van der Waals surface area contributed by atoms with Crippen LogP contribution >= 0.6 is 0 Å². The number of phenols is 1. The molecule has 0 aliphatic carbocycles. The summed E-state index contributed by atoms with van der Waals surface area (Å²) >= 11 is 0. The van der Waals surface area contributed by atoms with Crippen LogP contribution in [-0.4, -0.2) is 27.2 Å². The molecule has 0 saturated heterocycles. The number of aromatic nitrogens is 2. The van der Waals surface area contributed by atoms with Crippen molar-refractivity contribution in [2.24, 2.45) is 5.10 Å². The Kier molecular flexibility index (Phi) is 5.78. The van der Waals surface area contributed by atoms with E-state index in [0.29, 0.717) is 17.0 Å². The molecular formula is C28H20N4O2. The van der Waals surface area contributed by atoms with Gasteiger partial charge in [0.1, 0.15) is 5.75 Å². The van der Waals surface area contributed by atoms with E-state index < -0.39 is 5.91 Å². The predicted octanol–water partition coefficient (Wildman–Crippen LogP) is 5.43. The molecule has 2 N–H and O–H groups in total. The fourth-order valence-electron chi connectivity index (χ4n) is 3.69. The average Bonchev–Trinajstić information content (AvgIpc) is 2.90. The molecule has 6 heteroatoms. The van der Waals surface area contributed by atoms with Gasteiger partial charge in [-0.1, -0.05) is 91.0 Å². The molecular weight excluding hydrogens is 424 g/mol. The van der Waals surface area contributed by atoms with Crippen LogP contribution in [0.4, 0.5) is 0 Å². The Balaban J connectivity index is 1.48. The smallest absolute Gasteiger partial charge is 0.309 e. The highest BCUT2D eigenvalue weighted by molar-refractivity contribution is 6.03. The molecule has 0 atom stereocenters. The van der Waals surface area contributed by atoms with Crippen molar-refractivity contribution in [3.05, 3.63) is 115 Å². The normalized spacial score (nSPS) is 11.1. The molecule has 34 heavy (non-hydrogen) atoms. The molecule has 164 valence electrons. The summed E-state index contributed by atoms with van der Waals surface area (Å²) in [4.78, 5) is 21.9. The summed E-state index contributed by atoms with van der Waals surface area (Å²) in [6.07, 6.45) is 1.43. The van der Waals surface area contributed by atoms with Gasteiger partial charge in [-0.2, -0.15) is 5.10 Å². The number of hydrogen-bond acceptors (Lipinski definition) is 5. The summed E-state index contributed by atoms with van der Waals surface area (Å²) in [5.74, 6) is -0.476. The molecule has 0 aliphatic heterocycles. The minimum Gasteiger partial charge on any atom is -0.507 e. The van der Waals surface area contributed by atoms with Crippen molar-refractivity contribution in [3.8, 4) is 28.3 Å². The van der Waals surface area contributed by atoms with Gasteiger partial charge in [0.25, 0.3) is 0 Å². The molecule has 0 spiro atoms. The first-order valence-corrected chi connectivity index (χ1v) is 10.7. The van der Waals surface area contributed by atoms with Crippen LogP contribution in [0.3, 0.4) is 0 Å². The summed E-state index contributed by atoms with van der Waals surface area (Å²) in [6.45, 7) is 0. The Bertz CT molecular complexity index is 1440. The van der Waals surface area contributed by atoms with Gasteiger partial charge < -0.3 is 5.11 Å². The first-order chi connectivity index (χ1) is 16.7. The van der Waals surface area contributed by atoms with Crippen LogP contribution in [0.2, 0.25) is 0 Å². The van der Waals surface area contributed by atoms with Crippen molar-refractivity contribution >= 4 is 22.9 Å². The number of hydrogen-bond donors (Lipinski definition) is 2. The molecule has 5 aromatic rings. The topological polar surface area (TPSA) is 87.5 Å². The van der Waals surface area contributed by atoms with Gasteiger partial charge in [0.15, 0.2) is 0 Å². The van der Waals surface area contributed by atoms with Gasteiger partial charge in [-0.15, -0.1) is 0 Å². The molecule has 0 fully saturated rings. The third-order valence-corrected chi connectivity index (χ3v) is 5.38. The lowest BCUT2D eigenvalue weighted by atomic mass is 10.0. The van der Waals surface area contributed by atoms with Crippen LogP contribution in [0.25, 0.3) is 33.3 Å². The number of fused-ring (bicyclic) bond motifs is 1. The molecule has 1 aromatic heterocycles. The second-order valence-electron chi connectivity index (χ2n) is 7.61. The minimum absolute atomic E-state index is 0.000465. The van der Waals surface area contributed by atoms with Crippen LogP contribution in [0, 0.1) is 0 Å². The van der Waals surface area contributed by atoms with E-state index >= 15 is 0 Å². The third-order valence-electron chi connectivity index (χ3n) is 5.38. The molecule has 1 amide bonds. The fourth-order valence-corrected chi connectivity index (χ4v) is 3.69. The van der Waals surface area contributed by atoms with Crippen molar-refractivity contribution in [1.82, 2.24) is 15.4 Å². The van der Waals surface area contributed by atoms with Gasteiger partial charge >= 0.3 is 5.91 Å². The Morgan fingerprint density at radius 2 is 1.35 bits per heavy atom. The number of carbonyl (C=O) groups excluding carboxylic acids is 1. The zero-order valence-corrected chi connectivity index (χ0v) is 18.1. The highest BCUT2D eigenvalue weighted by atomic mass is 16.3. The zero-order valence-electron chi connectivity index (χ0n) is 18.1. The molecule has 0 aliphatic rings. The van der Waals surface area contributed by atoms with E-state index in [1.165, 1.54) is 6.21 Å². The summed E-state index contributed by atoms with van der Waals surface area (Å²) in [5, 5.41) is 16.1. The Labute approximate surface area is 196 Å². The van der Waals surface area contributed by atoms with Crippen LogP contribution in [0.15, 0.2) is 108 Å². The van der Waals surface area contributed by atoms with Gasteiger partial charge in [-0.3, -0.25) is 4.79 Å². The lowest BCUT2D eigenvalue weighted by Gasteiger charge is -2.08. The SMILES string of the molecule is O=C(N/N=C/c1c(O)ccc2ccccc12)c1nc(-c2ccccc2)cc(-c2ccccc2)n1. The third kappa shape index (κ3) is 4.38. The minimum atomic E-state index is -0.550. The molecule has 5 rings (SSSR count). The number of carbonyl (C=O) groups is 1. The predicted molar refractivity (Wildman–Crippen MR) is 134 cm³/mol. The maximum absolute atomic E-state index is 12.9. The molecule has 0 bridgehead atoms.